The average Bonchev–Trinajstić information content (AvgIpc) is 3.49. The molecule has 1 N–H and O–H groups in total. The Labute approximate surface area is 267 Å². The number of carbonyl (C=O) groups is 1. The van der Waals surface area contributed by atoms with E-state index < -0.39 is 14.0 Å². The number of esters is 1. The van der Waals surface area contributed by atoms with Crippen LogP contribution in [0.5, 0.6) is 0 Å². The van der Waals surface area contributed by atoms with Crippen molar-refractivity contribution in [3.63, 3.8) is 0 Å². The number of hydrogen-bond acceptors (Lipinski definition) is 11. The highest BCUT2D eigenvalue weighted by Crippen LogP contribution is 2.38. The van der Waals surface area contributed by atoms with Gasteiger partial charge < -0.3 is 19.5 Å². The zero-order valence-corrected chi connectivity index (χ0v) is 28.9. The number of aryl methyl sites for hydroxylation is 1. The molecule has 236 valence electrons. The van der Waals surface area contributed by atoms with Crippen molar-refractivity contribution in [2.24, 2.45) is 4.99 Å². The average molecular weight is 655 g/mol. The molecule has 3 aromatic heterocycles. The molecule has 10 nitrogen and oxygen atoms in total. The molecule has 0 spiro atoms. The lowest BCUT2D eigenvalue weighted by atomic mass is 10.1. The summed E-state index contributed by atoms with van der Waals surface area (Å²) in [5, 5.41) is 19.5. The summed E-state index contributed by atoms with van der Waals surface area (Å²) in [5.74, 6) is 0.925. The maximum atomic E-state index is 12.7. The van der Waals surface area contributed by atoms with Gasteiger partial charge in [0, 0.05) is 43.8 Å². The van der Waals surface area contributed by atoms with E-state index in [1.807, 2.05) is 12.1 Å². The smallest absolute Gasteiger partial charge is 0.358 e. The molecule has 0 unspecified atom stereocenters. The molecular weight excluding hydrogens is 613 g/mol. The molecule has 1 aliphatic heterocycles. The van der Waals surface area contributed by atoms with Crippen molar-refractivity contribution < 1.29 is 19.4 Å². The predicted octanol–water partition coefficient (Wildman–Crippen LogP) is 6.38. The van der Waals surface area contributed by atoms with Crippen LogP contribution in [-0.4, -0.2) is 65.3 Å². The first-order valence-electron chi connectivity index (χ1n) is 15.3. The van der Waals surface area contributed by atoms with E-state index >= 15 is 0 Å². The fourth-order valence-electron chi connectivity index (χ4n) is 5.10. The van der Waals surface area contributed by atoms with Crippen LogP contribution in [0.1, 0.15) is 52.7 Å². The number of thiazole rings is 2. The number of hydrogen-bond donors (Lipinski definition) is 1. The predicted molar refractivity (Wildman–Crippen MR) is 179 cm³/mol. The molecular formula is C31H42N6O4S2Si. The second-order valence-electron chi connectivity index (χ2n) is 12.1. The molecule has 4 aromatic rings. The quantitative estimate of drug-likeness (QED) is 0.106. The number of anilines is 2. The summed E-state index contributed by atoms with van der Waals surface area (Å²) >= 11 is 3.08. The summed E-state index contributed by atoms with van der Waals surface area (Å²) in [7, 11) is -1.20. The highest BCUT2D eigenvalue weighted by atomic mass is 32.1. The molecule has 0 saturated heterocycles. The van der Waals surface area contributed by atoms with E-state index in [-0.39, 0.29) is 13.2 Å². The molecule has 0 aliphatic carbocycles. The number of aromatic nitrogens is 4. The Morgan fingerprint density at radius 1 is 1.16 bits per heavy atom. The van der Waals surface area contributed by atoms with Gasteiger partial charge in [0.05, 0.1) is 16.8 Å². The number of aliphatic hydroxyl groups excluding tert-OH is 1. The summed E-state index contributed by atoms with van der Waals surface area (Å²) in [4.78, 5) is 26.2. The van der Waals surface area contributed by atoms with Crippen LogP contribution in [0.25, 0.3) is 10.2 Å². The van der Waals surface area contributed by atoms with Crippen LogP contribution >= 0.6 is 22.7 Å². The van der Waals surface area contributed by atoms with Crippen LogP contribution in [0.3, 0.4) is 0 Å². The van der Waals surface area contributed by atoms with E-state index in [1.54, 1.807) is 18.3 Å². The maximum Gasteiger partial charge on any atom is 0.358 e. The first-order chi connectivity index (χ1) is 21.2. The molecule has 0 amide bonds. The Kier molecular flexibility index (Phi) is 10.6. The van der Waals surface area contributed by atoms with Crippen LogP contribution in [-0.2, 0) is 29.0 Å². The molecule has 1 aliphatic rings. The third-order valence-corrected chi connectivity index (χ3v) is 11.5. The van der Waals surface area contributed by atoms with Crippen LogP contribution in [0.15, 0.2) is 29.3 Å². The molecule has 0 radical (unpaired) electrons. The SMILES string of the molecule is CCOC(=O)c1nc(N2CCCCc3c2nnc(N=c2sc4ccccc4n2COCC[Si](C)(C)C)c3C)sc1CCCO. The minimum Gasteiger partial charge on any atom is -0.461 e. The van der Waals surface area contributed by atoms with E-state index in [9.17, 15) is 9.90 Å². The summed E-state index contributed by atoms with van der Waals surface area (Å²) in [5.41, 5.74) is 3.51. The van der Waals surface area contributed by atoms with Crippen molar-refractivity contribution in [2.75, 3.05) is 31.3 Å². The van der Waals surface area contributed by atoms with Crippen molar-refractivity contribution in [2.45, 2.75) is 78.4 Å². The van der Waals surface area contributed by atoms with E-state index in [4.69, 9.17) is 24.5 Å². The first-order valence-corrected chi connectivity index (χ1v) is 20.7. The molecule has 44 heavy (non-hydrogen) atoms. The highest BCUT2D eigenvalue weighted by Gasteiger charge is 2.28. The third kappa shape index (κ3) is 7.45. The van der Waals surface area contributed by atoms with Crippen LogP contribution in [0.4, 0.5) is 16.8 Å². The van der Waals surface area contributed by atoms with Crippen LogP contribution < -0.4 is 9.70 Å². The van der Waals surface area contributed by atoms with Crippen molar-refractivity contribution in [3.8, 4) is 0 Å². The van der Waals surface area contributed by atoms with Crippen LogP contribution in [0, 0.1) is 6.92 Å². The number of carbonyl (C=O) groups excluding carboxylic acids is 1. The van der Waals surface area contributed by atoms with Gasteiger partial charge in [0.2, 0.25) is 0 Å². The lowest BCUT2D eigenvalue weighted by Crippen LogP contribution is -2.23. The monoisotopic (exact) mass is 654 g/mol. The molecule has 0 saturated carbocycles. The summed E-state index contributed by atoms with van der Waals surface area (Å²) in [6, 6.07) is 9.41. The molecule has 0 bridgehead atoms. The summed E-state index contributed by atoms with van der Waals surface area (Å²) in [6.45, 7) is 13.1. The van der Waals surface area contributed by atoms with E-state index in [1.165, 1.54) is 11.3 Å². The number of benzene rings is 1. The van der Waals surface area contributed by atoms with Gasteiger partial charge in [-0.1, -0.05) is 43.1 Å². The standard InChI is InChI=1S/C31H42N6O4S2Si/c1-6-41-29(39)26-25(15-11-17-38)43-30(32-26)36-16-10-9-12-22-21(2)27(34-35-28(22)36)33-31-37(20-40-18-19-44(3,4)5)23-13-7-8-14-24(23)42-31/h7-8,13-14,38H,6,9-12,15-20H2,1-5H3. The van der Waals surface area contributed by atoms with Crippen LogP contribution in [0.2, 0.25) is 25.7 Å². The molecule has 13 heteroatoms. The van der Waals surface area contributed by atoms with Crippen molar-refractivity contribution in [1.82, 2.24) is 19.7 Å². The van der Waals surface area contributed by atoms with Crippen molar-refractivity contribution in [3.05, 3.63) is 50.8 Å². The number of rotatable bonds is 12. The summed E-state index contributed by atoms with van der Waals surface area (Å²) in [6.07, 6.45) is 3.91. The first kappa shape index (κ1) is 32.4. The summed E-state index contributed by atoms with van der Waals surface area (Å²) < 4.78 is 14.7. The Bertz CT molecular complexity index is 1680. The molecule has 0 atom stereocenters. The zero-order chi connectivity index (χ0) is 31.3. The lowest BCUT2D eigenvalue weighted by molar-refractivity contribution is 0.0519. The minimum atomic E-state index is -1.20. The van der Waals surface area contributed by atoms with E-state index in [0.29, 0.717) is 36.2 Å². The van der Waals surface area contributed by atoms with E-state index in [2.05, 4.69) is 53.3 Å². The second kappa shape index (κ2) is 14.4. The fourth-order valence-corrected chi connectivity index (χ4v) is 7.99. The van der Waals surface area contributed by atoms with Gasteiger partial charge in [0.1, 0.15) is 6.73 Å². The van der Waals surface area contributed by atoms with Crippen molar-refractivity contribution in [1.29, 1.82) is 0 Å². The largest absolute Gasteiger partial charge is 0.461 e. The topological polar surface area (TPSA) is 115 Å². The third-order valence-electron chi connectivity index (χ3n) is 7.57. The Morgan fingerprint density at radius 3 is 2.75 bits per heavy atom. The Morgan fingerprint density at radius 2 is 1.98 bits per heavy atom. The highest BCUT2D eigenvalue weighted by molar-refractivity contribution is 7.16. The van der Waals surface area contributed by atoms with Crippen molar-refractivity contribution >= 4 is 63.7 Å². The van der Waals surface area contributed by atoms with Gasteiger partial charge in [-0.3, -0.25) is 4.57 Å². The van der Waals surface area contributed by atoms with Gasteiger partial charge in [0.25, 0.3) is 0 Å². The van der Waals surface area contributed by atoms with Gasteiger partial charge in [-0.25, -0.2) is 9.78 Å². The number of fused-ring (bicyclic) bond motifs is 2. The van der Waals surface area contributed by atoms with Gasteiger partial charge in [0.15, 0.2) is 27.3 Å². The number of ether oxygens (including phenoxy) is 2. The lowest BCUT2D eigenvalue weighted by Gasteiger charge is -2.21. The second-order valence-corrected chi connectivity index (χ2v) is 19.8. The Hall–Kier alpha value is -2.97. The van der Waals surface area contributed by atoms with Gasteiger partial charge in [-0.15, -0.1) is 21.5 Å². The Balaban J connectivity index is 1.51. The molecule has 4 heterocycles. The number of para-hydroxylation sites is 1. The molecule has 5 rings (SSSR count). The van der Waals surface area contributed by atoms with Gasteiger partial charge in [-0.05, 0) is 64.1 Å². The van der Waals surface area contributed by atoms with Gasteiger partial charge in [-0.2, -0.15) is 4.99 Å². The minimum absolute atomic E-state index is 0.0450. The van der Waals surface area contributed by atoms with E-state index in [0.717, 1.165) is 75.3 Å². The molecule has 0 fully saturated rings. The molecule has 1 aromatic carbocycles. The fraction of sp³-hybridized carbons (Fsp3) is 0.516. The number of nitrogens with zero attached hydrogens (tertiary/aromatic N) is 6. The van der Waals surface area contributed by atoms with Gasteiger partial charge >= 0.3 is 5.97 Å². The number of aliphatic hydroxyl groups is 1. The normalized spacial score (nSPS) is 14.2. The zero-order valence-electron chi connectivity index (χ0n) is 26.3. The maximum absolute atomic E-state index is 12.7.